The van der Waals surface area contributed by atoms with Crippen LogP contribution in [0, 0.1) is 0 Å². The van der Waals surface area contributed by atoms with Crippen LogP contribution in [0.5, 0.6) is 11.5 Å². The molecule has 0 unspecified atom stereocenters. The van der Waals surface area contributed by atoms with Gasteiger partial charge in [-0.05, 0) is 6.07 Å². The molecule has 0 spiro atoms. The molecule has 90 valence electrons. The average molecular weight is 234 g/mol. The van der Waals surface area contributed by atoms with E-state index in [4.69, 9.17) is 9.47 Å². The maximum Gasteiger partial charge on any atom is 0.293 e. The van der Waals surface area contributed by atoms with E-state index in [1.807, 2.05) is 11.0 Å². The number of amidine groups is 1. The van der Waals surface area contributed by atoms with Crippen molar-refractivity contribution < 1.29 is 14.6 Å². The summed E-state index contributed by atoms with van der Waals surface area (Å²) in [6, 6.07) is 5.92. The molecule has 3 rings (SSSR count). The highest BCUT2D eigenvalue weighted by molar-refractivity contribution is 5.79. The van der Waals surface area contributed by atoms with Crippen molar-refractivity contribution in [1.82, 2.24) is 4.90 Å². The molecule has 2 heterocycles. The normalized spacial score (nSPS) is 19.3. The van der Waals surface area contributed by atoms with Gasteiger partial charge in [0.15, 0.2) is 11.5 Å². The van der Waals surface area contributed by atoms with Crippen LogP contribution in [0.1, 0.15) is 5.56 Å². The average Bonchev–Trinajstić information content (AvgIpc) is 2.40. The number of hydrogen-bond donors (Lipinski definition) is 1. The van der Waals surface area contributed by atoms with E-state index in [0.29, 0.717) is 31.5 Å². The van der Waals surface area contributed by atoms with Gasteiger partial charge in [-0.3, -0.25) is 0 Å². The molecular weight excluding hydrogens is 220 g/mol. The Morgan fingerprint density at radius 3 is 2.88 bits per heavy atom. The van der Waals surface area contributed by atoms with E-state index < -0.39 is 0 Å². The number of benzene rings is 1. The van der Waals surface area contributed by atoms with E-state index >= 15 is 0 Å². The minimum atomic E-state index is 0.170. The number of aromatic hydroxyl groups is 1. The first-order chi connectivity index (χ1) is 8.34. The van der Waals surface area contributed by atoms with Crippen molar-refractivity contribution in [2.24, 2.45) is 4.99 Å². The lowest BCUT2D eigenvalue weighted by Crippen LogP contribution is -2.44. The highest BCUT2D eigenvalue weighted by Gasteiger charge is 2.23. The predicted molar refractivity (Wildman–Crippen MR) is 62.3 cm³/mol. The number of morpholine rings is 1. The van der Waals surface area contributed by atoms with Crippen molar-refractivity contribution in [1.29, 1.82) is 0 Å². The fourth-order valence-electron chi connectivity index (χ4n) is 2.01. The van der Waals surface area contributed by atoms with Gasteiger partial charge in [-0.1, -0.05) is 12.1 Å². The van der Waals surface area contributed by atoms with Crippen LogP contribution in [0.4, 0.5) is 0 Å². The largest absolute Gasteiger partial charge is 0.504 e. The number of fused-ring (bicyclic) bond motifs is 1. The van der Waals surface area contributed by atoms with Gasteiger partial charge in [0.25, 0.3) is 6.02 Å². The lowest BCUT2D eigenvalue weighted by Gasteiger charge is -2.31. The lowest BCUT2D eigenvalue weighted by molar-refractivity contribution is 0.0608. The van der Waals surface area contributed by atoms with E-state index in [0.717, 1.165) is 18.7 Å². The van der Waals surface area contributed by atoms with Crippen LogP contribution >= 0.6 is 0 Å². The highest BCUT2D eigenvalue weighted by Crippen LogP contribution is 2.33. The zero-order chi connectivity index (χ0) is 11.7. The minimum Gasteiger partial charge on any atom is -0.504 e. The number of nitrogens with zero attached hydrogens (tertiary/aromatic N) is 2. The van der Waals surface area contributed by atoms with Crippen molar-refractivity contribution in [2.45, 2.75) is 6.54 Å². The quantitative estimate of drug-likeness (QED) is 0.726. The van der Waals surface area contributed by atoms with Crippen molar-refractivity contribution in [3.05, 3.63) is 23.8 Å². The smallest absolute Gasteiger partial charge is 0.293 e. The topological polar surface area (TPSA) is 54.3 Å². The monoisotopic (exact) mass is 234 g/mol. The molecule has 0 atom stereocenters. The van der Waals surface area contributed by atoms with E-state index in [2.05, 4.69) is 4.99 Å². The van der Waals surface area contributed by atoms with Gasteiger partial charge in [-0.2, -0.15) is 0 Å². The van der Waals surface area contributed by atoms with Gasteiger partial charge in [0.1, 0.15) is 0 Å². The number of phenols is 1. The zero-order valence-electron chi connectivity index (χ0n) is 9.43. The third kappa shape index (κ3) is 1.93. The van der Waals surface area contributed by atoms with Crippen LogP contribution in [0.15, 0.2) is 23.2 Å². The second-order valence-electron chi connectivity index (χ2n) is 4.07. The molecule has 1 saturated heterocycles. The van der Waals surface area contributed by atoms with E-state index in [1.54, 1.807) is 12.1 Å². The Morgan fingerprint density at radius 1 is 1.24 bits per heavy atom. The molecule has 5 heteroatoms. The molecule has 2 aliphatic heterocycles. The van der Waals surface area contributed by atoms with Gasteiger partial charge in [0, 0.05) is 18.7 Å². The molecule has 0 aromatic heterocycles. The second kappa shape index (κ2) is 4.25. The Morgan fingerprint density at radius 2 is 2.06 bits per heavy atom. The molecule has 5 nitrogen and oxygen atoms in total. The van der Waals surface area contributed by atoms with Crippen LogP contribution in [-0.4, -0.2) is 42.3 Å². The first-order valence-electron chi connectivity index (χ1n) is 5.70. The molecule has 1 N–H and O–H groups in total. The fraction of sp³-hybridized carbons (Fsp3) is 0.417. The van der Waals surface area contributed by atoms with E-state index in [-0.39, 0.29) is 5.75 Å². The SMILES string of the molecule is Oc1cccc2c1OC(N1CCOCC1)=NC2. The summed E-state index contributed by atoms with van der Waals surface area (Å²) < 4.78 is 11.0. The van der Waals surface area contributed by atoms with Crippen molar-refractivity contribution in [3.8, 4) is 11.5 Å². The summed E-state index contributed by atoms with van der Waals surface area (Å²) in [6.45, 7) is 3.49. The Hall–Kier alpha value is -1.75. The minimum absolute atomic E-state index is 0.170. The standard InChI is InChI=1S/C12H14N2O3/c15-10-3-1-2-9-8-13-12(17-11(9)10)14-4-6-16-7-5-14/h1-3,15H,4-8H2. The van der Waals surface area contributed by atoms with E-state index in [1.165, 1.54) is 0 Å². The van der Waals surface area contributed by atoms with E-state index in [9.17, 15) is 5.11 Å². The molecule has 0 saturated carbocycles. The molecule has 0 aliphatic carbocycles. The van der Waals surface area contributed by atoms with Crippen LogP contribution in [-0.2, 0) is 11.3 Å². The van der Waals surface area contributed by atoms with Crippen molar-refractivity contribution in [3.63, 3.8) is 0 Å². The molecular formula is C12H14N2O3. The maximum absolute atomic E-state index is 9.75. The first kappa shape index (κ1) is 10.4. The number of phenolic OH excluding ortho intramolecular Hbond substituents is 1. The first-order valence-corrected chi connectivity index (χ1v) is 5.70. The molecule has 1 fully saturated rings. The van der Waals surface area contributed by atoms with Gasteiger partial charge >= 0.3 is 0 Å². The Bertz CT molecular complexity index is 453. The maximum atomic E-state index is 9.75. The lowest BCUT2D eigenvalue weighted by atomic mass is 10.2. The van der Waals surface area contributed by atoms with Crippen molar-refractivity contribution >= 4 is 6.02 Å². The summed E-state index contributed by atoms with van der Waals surface area (Å²) in [5.74, 6) is 0.701. The van der Waals surface area contributed by atoms with Crippen molar-refractivity contribution in [2.75, 3.05) is 26.3 Å². The van der Waals surface area contributed by atoms with Gasteiger partial charge < -0.3 is 19.5 Å². The molecule has 0 amide bonds. The number of hydrogen-bond acceptors (Lipinski definition) is 5. The summed E-state index contributed by atoms with van der Waals surface area (Å²) >= 11 is 0. The molecule has 1 aromatic carbocycles. The molecule has 1 aromatic rings. The molecule has 17 heavy (non-hydrogen) atoms. The molecule has 0 bridgehead atoms. The third-order valence-electron chi connectivity index (χ3n) is 2.94. The molecule has 2 aliphatic rings. The summed E-state index contributed by atoms with van der Waals surface area (Å²) in [5.41, 5.74) is 0.919. The summed E-state index contributed by atoms with van der Waals surface area (Å²) in [6.07, 6.45) is 0. The Labute approximate surface area is 99.3 Å². The molecule has 0 radical (unpaired) electrons. The van der Waals surface area contributed by atoms with Gasteiger partial charge in [0.2, 0.25) is 0 Å². The van der Waals surface area contributed by atoms with Crippen LogP contribution in [0.25, 0.3) is 0 Å². The van der Waals surface area contributed by atoms with Crippen LogP contribution in [0.2, 0.25) is 0 Å². The number of para-hydroxylation sites is 1. The highest BCUT2D eigenvalue weighted by atomic mass is 16.5. The summed E-state index contributed by atoms with van der Waals surface area (Å²) in [7, 11) is 0. The number of aliphatic imine (C=N–C) groups is 1. The number of rotatable bonds is 0. The summed E-state index contributed by atoms with van der Waals surface area (Å²) in [4.78, 5) is 6.43. The zero-order valence-corrected chi connectivity index (χ0v) is 9.43. The predicted octanol–water partition coefficient (Wildman–Crippen LogP) is 0.973. The second-order valence-corrected chi connectivity index (χ2v) is 4.07. The van der Waals surface area contributed by atoms with Crippen LogP contribution < -0.4 is 4.74 Å². The fourth-order valence-corrected chi connectivity index (χ4v) is 2.01. The summed E-state index contributed by atoms with van der Waals surface area (Å²) in [5, 5.41) is 9.75. The number of ether oxygens (including phenoxy) is 2. The van der Waals surface area contributed by atoms with Gasteiger partial charge in [-0.15, -0.1) is 0 Å². The Balaban J connectivity index is 1.82. The Kier molecular flexibility index (Phi) is 2.60. The third-order valence-corrected chi connectivity index (χ3v) is 2.94. The van der Waals surface area contributed by atoms with Gasteiger partial charge in [-0.25, -0.2) is 4.99 Å². The van der Waals surface area contributed by atoms with Crippen LogP contribution in [0.3, 0.4) is 0 Å². The van der Waals surface area contributed by atoms with Gasteiger partial charge in [0.05, 0.1) is 19.8 Å².